The molecule has 0 saturated carbocycles. The van der Waals surface area contributed by atoms with Crippen LogP contribution in [0.3, 0.4) is 0 Å². The first-order chi connectivity index (χ1) is 6.48. The van der Waals surface area contributed by atoms with Crippen LogP contribution in [0.2, 0.25) is 0 Å². The van der Waals surface area contributed by atoms with E-state index in [-0.39, 0.29) is 0 Å². The molecule has 1 aliphatic rings. The molecule has 1 heterocycles. The van der Waals surface area contributed by atoms with Gasteiger partial charge in [0.2, 0.25) is 0 Å². The Labute approximate surface area is 77.2 Å². The van der Waals surface area contributed by atoms with Crippen molar-refractivity contribution in [3.05, 3.63) is 27.7 Å². The monoisotopic (exact) mass is 204 g/mol. The van der Waals surface area contributed by atoms with Crippen molar-refractivity contribution >= 4 is 0 Å². The van der Waals surface area contributed by atoms with Gasteiger partial charge < -0.3 is 0 Å². The molecule has 0 amide bonds. The van der Waals surface area contributed by atoms with E-state index < -0.39 is 16.5 Å². The molecule has 0 saturated heterocycles. The van der Waals surface area contributed by atoms with Crippen LogP contribution in [0.1, 0.15) is 17.7 Å². The molecular formula is C8H7F3N2O. The summed E-state index contributed by atoms with van der Waals surface area (Å²) in [6.07, 6.45) is -2.78. The van der Waals surface area contributed by atoms with Gasteiger partial charge in [-0.3, -0.25) is 4.79 Å². The fourth-order valence-electron chi connectivity index (χ4n) is 1.58. The molecule has 0 fully saturated rings. The van der Waals surface area contributed by atoms with Gasteiger partial charge in [0.15, 0.2) is 0 Å². The third-order valence-electron chi connectivity index (χ3n) is 2.20. The van der Waals surface area contributed by atoms with Crippen LogP contribution in [-0.4, -0.2) is 9.78 Å². The fourth-order valence-corrected chi connectivity index (χ4v) is 1.58. The van der Waals surface area contributed by atoms with Crippen molar-refractivity contribution in [2.24, 2.45) is 0 Å². The standard InChI is InChI=1S/C8H7F3N2O/c9-8(10,11)13-7(14)4-5-2-1-3-6(5)12-13/h4H,1-3H2. The predicted octanol–water partition coefficient (Wildman–Crippen LogP) is 1.21. The summed E-state index contributed by atoms with van der Waals surface area (Å²) in [6, 6.07) is 1.03. The number of rotatable bonds is 0. The first kappa shape index (κ1) is 9.23. The third kappa shape index (κ3) is 1.40. The van der Waals surface area contributed by atoms with E-state index >= 15 is 0 Å². The Balaban J connectivity index is 2.59. The highest BCUT2D eigenvalue weighted by molar-refractivity contribution is 5.22. The van der Waals surface area contributed by atoms with Gasteiger partial charge in [0.05, 0.1) is 5.69 Å². The number of halogens is 3. The van der Waals surface area contributed by atoms with Crippen molar-refractivity contribution in [2.45, 2.75) is 25.6 Å². The summed E-state index contributed by atoms with van der Waals surface area (Å²) in [6.45, 7) is 0. The van der Waals surface area contributed by atoms with Gasteiger partial charge in [-0.15, -0.1) is 17.9 Å². The Hall–Kier alpha value is -1.33. The molecule has 0 bridgehead atoms. The predicted molar refractivity (Wildman–Crippen MR) is 41.8 cm³/mol. The summed E-state index contributed by atoms with van der Waals surface area (Å²) < 4.78 is 36.2. The molecule has 14 heavy (non-hydrogen) atoms. The van der Waals surface area contributed by atoms with E-state index in [1.807, 2.05) is 0 Å². The van der Waals surface area contributed by atoms with Crippen LogP contribution >= 0.6 is 0 Å². The second kappa shape index (κ2) is 2.83. The summed E-state index contributed by atoms with van der Waals surface area (Å²) in [4.78, 5) is 11.0. The second-order valence-corrected chi connectivity index (χ2v) is 3.19. The van der Waals surface area contributed by atoms with Gasteiger partial charge in [0.25, 0.3) is 5.56 Å². The Kier molecular flexibility index (Phi) is 1.87. The molecule has 0 aromatic carbocycles. The number of alkyl halides is 3. The number of aryl methyl sites for hydroxylation is 2. The van der Waals surface area contributed by atoms with E-state index in [0.29, 0.717) is 24.1 Å². The molecule has 76 valence electrons. The number of aromatic nitrogens is 2. The Bertz CT molecular complexity index is 422. The van der Waals surface area contributed by atoms with Crippen molar-refractivity contribution in [1.82, 2.24) is 9.78 Å². The Morgan fingerprint density at radius 3 is 2.71 bits per heavy atom. The maximum atomic E-state index is 12.2. The number of hydrogen-bond donors (Lipinski definition) is 0. The van der Waals surface area contributed by atoms with E-state index in [1.165, 1.54) is 0 Å². The molecule has 0 aliphatic heterocycles. The molecule has 1 aromatic rings. The molecule has 0 unspecified atom stereocenters. The fraction of sp³-hybridized carbons (Fsp3) is 0.500. The van der Waals surface area contributed by atoms with Crippen molar-refractivity contribution < 1.29 is 13.2 Å². The van der Waals surface area contributed by atoms with Gasteiger partial charge in [-0.25, -0.2) is 0 Å². The minimum Gasteiger partial charge on any atom is -0.268 e. The van der Waals surface area contributed by atoms with Gasteiger partial charge in [0, 0.05) is 6.07 Å². The van der Waals surface area contributed by atoms with Crippen LogP contribution in [0, 0.1) is 0 Å². The summed E-state index contributed by atoms with van der Waals surface area (Å²) in [5.41, 5.74) is -0.0597. The van der Waals surface area contributed by atoms with Crippen molar-refractivity contribution in [1.29, 1.82) is 0 Å². The van der Waals surface area contributed by atoms with Gasteiger partial charge in [-0.2, -0.15) is 5.10 Å². The summed E-state index contributed by atoms with van der Waals surface area (Å²) in [5.74, 6) is 0. The van der Waals surface area contributed by atoms with Crippen LogP contribution in [0.15, 0.2) is 10.9 Å². The zero-order valence-electron chi connectivity index (χ0n) is 7.14. The second-order valence-electron chi connectivity index (χ2n) is 3.19. The maximum Gasteiger partial charge on any atom is 0.507 e. The lowest BCUT2D eigenvalue weighted by Gasteiger charge is -2.09. The third-order valence-corrected chi connectivity index (χ3v) is 2.20. The van der Waals surface area contributed by atoms with Gasteiger partial charge in [0.1, 0.15) is 0 Å². The van der Waals surface area contributed by atoms with Crippen LogP contribution in [0.5, 0.6) is 0 Å². The molecule has 0 N–H and O–H groups in total. The molecule has 1 aromatic heterocycles. The lowest BCUT2D eigenvalue weighted by atomic mass is 10.2. The average Bonchev–Trinajstić information content (AvgIpc) is 2.47. The molecule has 3 nitrogen and oxygen atoms in total. The normalized spacial score (nSPS) is 15.6. The molecule has 0 atom stereocenters. The SMILES string of the molecule is O=c1cc2c(nn1C(F)(F)F)CCC2. The molecule has 6 heteroatoms. The van der Waals surface area contributed by atoms with Gasteiger partial charge in [-0.05, 0) is 24.8 Å². The molecule has 0 radical (unpaired) electrons. The van der Waals surface area contributed by atoms with Gasteiger partial charge >= 0.3 is 6.30 Å². The zero-order chi connectivity index (χ0) is 10.3. The number of fused-ring (bicyclic) bond motifs is 1. The number of hydrogen-bond acceptors (Lipinski definition) is 2. The lowest BCUT2D eigenvalue weighted by molar-refractivity contribution is -0.215. The van der Waals surface area contributed by atoms with Crippen molar-refractivity contribution in [2.75, 3.05) is 0 Å². The lowest BCUT2D eigenvalue weighted by Crippen LogP contribution is -2.33. The summed E-state index contributed by atoms with van der Waals surface area (Å²) in [5, 5.41) is 3.30. The smallest absolute Gasteiger partial charge is 0.268 e. The van der Waals surface area contributed by atoms with Crippen LogP contribution in [0.25, 0.3) is 0 Å². The van der Waals surface area contributed by atoms with E-state index in [2.05, 4.69) is 5.10 Å². The largest absolute Gasteiger partial charge is 0.507 e. The van der Waals surface area contributed by atoms with Crippen LogP contribution in [0.4, 0.5) is 13.2 Å². The highest BCUT2D eigenvalue weighted by Gasteiger charge is 2.34. The molecule has 1 aliphatic carbocycles. The Morgan fingerprint density at radius 2 is 2.07 bits per heavy atom. The summed E-state index contributed by atoms with van der Waals surface area (Å²) >= 11 is 0. The molecular weight excluding hydrogens is 197 g/mol. The first-order valence-electron chi connectivity index (χ1n) is 4.18. The zero-order valence-corrected chi connectivity index (χ0v) is 7.14. The van der Waals surface area contributed by atoms with Gasteiger partial charge in [-0.1, -0.05) is 0 Å². The number of nitrogens with zero attached hydrogens (tertiary/aromatic N) is 2. The van der Waals surface area contributed by atoms with Crippen LogP contribution in [-0.2, 0) is 19.1 Å². The van der Waals surface area contributed by atoms with E-state index in [4.69, 9.17) is 0 Å². The Morgan fingerprint density at radius 1 is 1.36 bits per heavy atom. The maximum absolute atomic E-state index is 12.2. The van der Waals surface area contributed by atoms with Crippen molar-refractivity contribution in [3.63, 3.8) is 0 Å². The van der Waals surface area contributed by atoms with E-state index in [1.54, 1.807) is 0 Å². The molecule has 2 rings (SSSR count). The van der Waals surface area contributed by atoms with E-state index in [0.717, 1.165) is 12.5 Å². The topological polar surface area (TPSA) is 34.9 Å². The summed E-state index contributed by atoms with van der Waals surface area (Å²) in [7, 11) is 0. The van der Waals surface area contributed by atoms with Crippen molar-refractivity contribution in [3.8, 4) is 0 Å². The quantitative estimate of drug-likeness (QED) is 0.636. The minimum atomic E-state index is -4.71. The van der Waals surface area contributed by atoms with E-state index in [9.17, 15) is 18.0 Å². The van der Waals surface area contributed by atoms with Crippen LogP contribution < -0.4 is 5.56 Å². The highest BCUT2D eigenvalue weighted by Crippen LogP contribution is 2.22. The average molecular weight is 204 g/mol. The minimum absolute atomic E-state index is 0.391. The highest BCUT2D eigenvalue weighted by atomic mass is 19.4. The first-order valence-corrected chi connectivity index (χ1v) is 4.18. The molecule has 0 spiro atoms.